The summed E-state index contributed by atoms with van der Waals surface area (Å²) in [6, 6.07) is 5.48. The molecule has 0 saturated carbocycles. The number of nitrogens with one attached hydrogen (secondary N) is 2. The summed E-state index contributed by atoms with van der Waals surface area (Å²) in [6.07, 6.45) is 3.15. The molecule has 0 radical (unpaired) electrons. The van der Waals surface area contributed by atoms with Gasteiger partial charge >= 0.3 is 0 Å². The summed E-state index contributed by atoms with van der Waals surface area (Å²) in [5.41, 5.74) is 11.8. The topological polar surface area (TPSA) is 107 Å². The van der Waals surface area contributed by atoms with E-state index in [9.17, 15) is 0 Å². The number of allylic oxidation sites excluding steroid dienone is 2. The third kappa shape index (κ3) is 5.62. The number of rotatable bonds is 9. The molecule has 0 amide bonds. The third-order valence-corrected chi connectivity index (χ3v) is 3.40. The first kappa shape index (κ1) is 19.6. The number of aliphatic imine (C=N–C) groups is 1. The molecule has 0 spiro atoms. The molecule has 0 unspecified atom stereocenters. The molecule has 0 atom stereocenters. The van der Waals surface area contributed by atoms with E-state index in [1.54, 1.807) is 19.3 Å². The van der Waals surface area contributed by atoms with E-state index in [4.69, 9.17) is 32.7 Å². The van der Waals surface area contributed by atoms with Crippen molar-refractivity contribution in [3.63, 3.8) is 0 Å². The predicted octanol–water partition coefficient (Wildman–Crippen LogP) is 1.72. The van der Waals surface area contributed by atoms with E-state index < -0.39 is 0 Å². The number of hydrogen-bond acceptors (Lipinski definition) is 5. The van der Waals surface area contributed by atoms with Crippen molar-refractivity contribution in [2.24, 2.45) is 16.6 Å². The number of nitrogens with zero attached hydrogens (tertiary/aromatic N) is 1. The van der Waals surface area contributed by atoms with E-state index in [2.05, 4.69) is 29.1 Å². The van der Waals surface area contributed by atoms with Gasteiger partial charge in [-0.25, -0.2) is 4.99 Å². The Kier molecular flexibility index (Phi) is 8.42. The molecule has 0 aliphatic heterocycles. The Balaban J connectivity index is 3.05. The number of para-hydroxylation sites is 1. The van der Waals surface area contributed by atoms with Gasteiger partial charge in [0.2, 0.25) is 5.96 Å². The minimum Gasteiger partial charge on any atom is -0.493 e. The standard InChI is InChI=1S/C16H22ClN5O2/c1-4-11(13(17)5-2)10-24-15-12(7-6-8-14(15)23-3)9-20-16(18)21-22-19/h4-8,22H,1-2,9-10,19H2,3H3,(H3,18,20,21)/b13-11-. The summed E-state index contributed by atoms with van der Waals surface area (Å²) >= 11 is 6.06. The van der Waals surface area contributed by atoms with Crippen LogP contribution in [-0.2, 0) is 6.54 Å². The number of benzene rings is 1. The minimum atomic E-state index is 0.146. The maximum Gasteiger partial charge on any atom is 0.204 e. The van der Waals surface area contributed by atoms with Crippen molar-refractivity contribution in [2.45, 2.75) is 6.54 Å². The van der Waals surface area contributed by atoms with Gasteiger partial charge in [0, 0.05) is 16.2 Å². The smallest absolute Gasteiger partial charge is 0.204 e. The monoisotopic (exact) mass is 351 g/mol. The van der Waals surface area contributed by atoms with E-state index in [0.717, 1.165) is 5.56 Å². The van der Waals surface area contributed by atoms with Crippen molar-refractivity contribution in [3.8, 4) is 11.5 Å². The SMILES string of the molecule is C=C/C(Cl)=C(\C=C)COc1c(CN=C(N)NNN)cccc1OC. The summed E-state index contributed by atoms with van der Waals surface area (Å²) in [6.45, 7) is 7.84. The Hall–Kier alpha value is -2.48. The van der Waals surface area contributed by atoms with Crippen LogP contribution in [0.2, 0.25) is 0 Å². The number of halogens is 1. The first-order valence-corrected chi connectivity index (χ1v) is 7.38. The molecule has 0 heterocycles. The molecule has 0 aliphatic carbocycles. The highest BCUT2D eigenvalue weighted by molar-refractivity contribution is 6.31. The summed E-state index contributed by atoms with van der Waals surface area (Å²) in [7, 11) is 1.56. The van der Waals surface area contributed by atoms with E-state index in [-0.39, 0.29) is 19.1 Å². The lowest BCUT2D eigenvalue weighted by atomic mass is 10.2. The third-order valence-electron chi connectivity index (χ3n) is 3.00. The number of methoxy groups -OCH3 is 1. The summed E-state index contributed by atoms with van der Waals surface area (Å²) in [4.78, 5) is 4.15. The average Bonchev–Trinajstić information content (AvgIpc) is 2.60. The van der Waals surface area contributed by atoms with Crippen molar-refractivity contribution < 1.29 is 9.47 Å². The van der Waals surface area contributed by atoms with E-state index >= 15 is 0 Å². The van der Waals surface area contributed by atoms with Gasteiger partial charge in [-0.2, -0.15) is 5.53 Å². The predicted molar refractivity (Wildman–Crippen MR) is 97.5 cm³/mol. The van der Waals surface area contributed by atoms with E-state index in [1.807, 2.05) is 12.1 Å². The highest BCUT2D eigenvalue weighted by Crippen LogP contribution is 2.32. The zero-order chi connectivity index (χ0) is 17.9. The number of ether oxygens (including phenoxy) is 2. The maximum absolute atomic E-state index is 6.06. The lowest BCUT2D eigenvalue weighted by Crippen LogP contribution is -2.46. The van der Waals surface area contributed by atoms with Gasteiger partial charge in [-0.1, -0.05) is 49.0 Å². The largest absolute Gasteiger partial charge is 0.493 e. The Morgan fingerprint density at radius 3 is 2.71 bits per heavy atom. The molecule has 0 saturated heterocycles. The molecule has 6 N–H and O–H groups in total. The van der Waals surface area contributed by atoms with Gasteiger partial charge in [-0.15, -0.1) is 0 Å². The van der Waals surface area contributed by atoms with Crippen LogP contribution in [0.3, 0.4) is 0 Å². The summed E-state index contributed by atoms with van der Waals surface area (Å²) in [5.74, 6) is 6.38. The second-order valence-corrected chi connectivity index (χ2v) is 4.90. The van der Waals surface area contributed by atoms with Gasteiger partial charge in [-0.05, 0) is 6.07 Å². The lowest BCUT2D eigenvalue weighted by molar-refractivity contribution is 0.318. The number of nitrogens with two attached hydrogens (primary N) is 2. The van der Waals surface area contributed by atoms with Crippen LogP contribution in [0.25, 0.3) is 0 Å². The molecular weight excluding hydrogens is 330 g/mol. The van der Waals surface area contributed by atoms with E-state index in [1.165, 1.54) is 6.08 Å². The molecule has 1 rings (SSSR count). The van der Waals surface area contributed by atoms with Crippen LogP contribution in [-0.4, -0.2) is 19.7 Å². The highest BCUT2D eigenvalue weighted by atomic mass is 35.5. The molecular formula is C16H22ClN5O2. The quantitative estimate of drug-likeness (QED) is 0.177. The molecule has 130 valence electrons. The Morgan fingerprint density at radius 2 is 2.12 bits per heavy atom. The Bertz CT molecular complexity index is 643. The Labute approximate surface area is 146 Å². The van der Waals surface area contributed by atoms with Crippen LogP contribution < -0.4 is 32.0 Å². The molecule has 0 aliphatic rings. The van der Waals surface area contributed by atoms with Crippen molar-refractivity contribution >= 4 is 17.6 Å². The van der Waals surface area contributed by atoms with Gasteiger partial charge in [0.05, 0.1) is 13.7 Å². The molecule has 24 heavy (non-hydrogen) atoms. The second-order valence-electron chi connectivity index (χ2n) is 4.49. The molecule has 8 heteroatoms. The van der Waals surface area contributed by atoms with Crippen molar-refractivity contribution in [1.82, 2.24) is 11.0 Å². The first-order valence-electron chi connectivity index (χ1n) is 7.01. The fourth-order valence-corrected chi connectivity index (χ4v) is 1.93. The maximum atomic E-state index is 6.06. The lowest BCUT2D eigenvalue weighted by Gasteiger charge is -2.15. The zero-order valence-corrected chi connectivity index (χ0v) is 14.3. The van der Waals surface area contributed by atoms with Crippen LogP contribution in [0.15, 0.2) is 59.1 Å². The van der Waals surface area contributed by atoms with Gasteiger partial charge in [0.15, 0.2) is 11.5 Å². The molecule has 1 aromatic carbocycles. The summed E-state index contributed by atoms with van der Waals surface area (Å²) < 4.78 is 11.2. The molecule has 0 fully saturated rings. The van der Waals surface area contributed by atoms with Crippen molar-refractivity contribution in [1.29, 1.82) is 0 Å². The number of guanidine groups is 1. The van der Waals surface area contributed by atoms with Crippen LogP contribution >= 0.6 is 11.6 Å². The molecule has 0 aromatic heterocycles. The van der Waals surface area contributed by atoms with Gasteiger partial charge in [-0.3, -0.25) is 11.3 Å². The van der Waals surface area contributed by atoms with Gasteiger partial charge < -0.3 is 15.2 Å². The molecule has 0 bridgehead atoms. The molecule has 7 nitrogen and oxygen atoms in total. The highest BCUT2D eigenvalue weighted by Gasteiger charge is 2.11. The Morgan fingerprint density at radius 1 is 1.38 bits per heavy atom. The number of hydrazine groups is 2. The zero-order valence-electron chi connectivity index (χ0n) is 13.5. The van der Waals surface area contributed by atoms with Crippen LogP contribution in [0.1, 0.15) is 5.56 Å². The van der Waals surface area contributed by atoms with Crippen LogP contribution in [0, 0.1) is 0 Å². The normalized spacial score (nSPS) is 12.2. The van der Waals surface area contributed by atoms with E-state index in [0.29, 0.717) is 22.1 Å². The van der Waals surface area contributed by atoms with Crippen molar-refractivity contribution in [3.05, 3.63) is 59.7 Å². The van der Waals surface area contributed by atoms with Crippen LogP contribution in [0.5, 0.6) is 11.5 Å². The first-order chi connectivity index (χ1) is 11.6. The minimum absolute atomic E-state index is 0.146. The number of hydrogen-bond donors (Lipinski definition) is 4. The summed E-state index contributed by atoms with van der Waals surface area (Å²) in [5, 5.41) is 0.474. The fourth-order valence-electron chi connectivity index (χ4n) is 1.80. The van der Waals surface area contributed by atoms with Gasteiger partial charge in [0.25, 0.3) is 0 Å². The van der Waals surface area contributed by atoms with Gasteiger partial charge in [0.1, 0.15) is 6.61 Å². The molecule has 1 aromatic rings. The average molecular weight is 352 g/mol. The van der Waals surface area contributed by atoms with Crippen molar-refractivity contribution in [2.75, 3.05) is 13.7 Å². The fraction of sp³-hybridized carbons (Fsp3) is 0.188. The second kappa shape index (κ2) is 10.3. The van der Waals surface area contributed by atoms with Crippen LogP contribution in [0.4, 0.5) is 0 Å².